The average molecular weight is 317 g/mol. The first-order valence-corrected chi connectivity index (χ1v) is 8.38. The Labute approximate surface area is 136 Å². The highest BCUT2D eigenvalue weighted by Gasteiger charge is 2.39. The number of ether oxygens (including phenoxy) is 3. The van der Waals surface area contributed by atoms with Crippen LogP contribution in [0.4, 0.5) is 0 Å². The molecule has 23 heavy (non-hydrogen) atoms. The van der Waals surface area contributed by atoms with Crippen LogP contribution in [0.15, 0.2) is 24.3 Å². The molecule has 4 rings (SSSR count). The average Bonchev–Trinajstić information content (AvgIpc) is 3.32. The highest BCUT2D eigenvalue weighted by molar-refractivity contribution is 5.68. The topological polar surface area (TPSA) is 49.0 Å². The smallest absolute Gasteiger partial charge is 0.162 e. The molecule has 0 radical (unpaired) electrons. The molecule has 2 heterocycles. The molecule has 1 N–H and O–H groups in total. The van der Waals surface area contributed by atoms with Crippen LogP contribution in [0.3, 0.4) is 0 Å². The highest BCUT2D eigenvalue weighted by atomic mass is 16.7. The maximum Gasteiger partial charge on any atom is 0.162 e. The molecule has 2 fully saturated rings. The molecule has 0 aromatic heterocycles. The third kappa shape index (κ3) is 2.91. The minimum atomic E-state index is -0.318. The summed E-state index contributed by atoms with van der Waals surface area (Å²) in [6.07, 6.45) is 8.04. The molecule has 5 nitrogen and oxygen atoms in total. The monoisotopic (exact) mass is 317 g/mol. The van der Waals surface area contributed by atoms with Crippen LogP contribution in [0.5, 0.6) is 11.5 Å². The molecule has 1 unspecified atom stereocenters. The first kappa shape index (κ1) is 14.8. The van der Waals surface area contributed by atoms with Crippen LogP contribution in [0.25, 0.3) is 5.70 Å². The van der Waals surface area contributed by atoms with Gasteiger partial charge in [0, 0.05) is 18.6 Å². The zero-order chi connectivity index (χ0) is 15.7. The SMILES string of the molecule is COc1ccc(C2=CC3(CCOC3)ON2)cc1OC1CCCC1. The summed E-state index contributed by atoms with van der Waals surface area (Å²) in [5, 5.41) is 0. The number of rotatable bonds is 4. The summed E-state index contributed by atoms with van der Waals surface area (Å²) in [7, 11) is 1.68. The Kier molecular flexibility index (Phi) is 3.91. The van der Waals surface area contributed by atoms with Gasteiger partial charge in [-0.15, -0.1) is 0 Å². The summed E-state index contributed by atoms with van der Waals surface area (Å²) in [6, 6.07) is 6.02. The van der Waals surface area contributed by atoms with Crippen LogP contribution in [0.2, 0.25) is 0 Å². The maximum absolute atomic E-state index is 6.17. The fraction of sp³-hybridized carbons (Fsp3) is 0.556. The lowest BCUT2D eigenvalue weighted by molar-refractivity contribution is -0.0373. The van der Waals surface area contributed by atoms with Crippen molar-refractivity contribution < 1.29 is 19.0 Å². The minimum absolute atomic E-state index is 0.301. The van der Waals surface area contributed by atoms with Gasteiger partial charge in [-0.2, -0.15) is 0 Å². The van der Waals surface area contributed by atoms with Gasteiger partial charge in [-0.05, 0) is 50.0 Å². The zero-order valence-corrected chi connectivity index (χ0v) is 13.5. The number of hydrogen-bond donors (Lipinski definition) is 1. The quantitative estimate of drug-likeness (QED) is 0.925. The van der Waals surface area contributed by atoms with E-state index in [0.717, 1.165) is 48.6 Å². The van der Waals surface area contributed by atoms with Gasteiger partial charge in [0.05, 0.1) is 25.5 Å². The van der Waals surface area contributed by atoms with Crippen LogP contribution in [-0.2, 0) is 9.57 Å². The van der Waals surface area contributed by atoms with Crippen molar-refractivity contribution in [2.45, 2.75) is 43.8 Å². The normalized spacial score (nSPS) is 27.3. The largest absolute Gasteiger partial charge is 0.493 e. The van der Waals surface area contributed by atoms with Crippen LogP contribution in [0, 0.1) is 0 Å². The van der Waals surface area contributed by atoms with Gasteiger partial charge in [-0.1, -0.05) is 0 Å². The fourth-order valence-corrected chi connectivity index (χ4v) is 3.50. The Morgan fingerprint density at radius 2 is 2.09 bits per heavy atom. The Bertz CT molecular complexity index is 601. The van der Waals surface area contributed by atoms with Crippen molar-refractivity contribution in [1.82, 2.24) is 5.48 Å². The summed E-state index contributed by atoms with van der Waals surface area (Å²) in [5.74, 6) is 1.59. The molecule has 1 saturated carbocycles. The summed E-state index contributed by atoms with van der Waals surface area (Å²) in [6.45, 7) is 1.34. The van der Waals surface area contributed by atoms with Gasteiger partial charge in [0.2, 0.25) is 0 Å². The van der Waals surface area contributed by atoms with Crippen molar-refractivity contribution in [2.75, 3.05) is 20.3 Å². The third-order valence-corrected chi connectivity index (χ3v) is 4.86. The van der Waals surface area contributed by atoms with Crippen LogP contribution in [0.1, 0.15) is 37.7 Å². The fourth-order valence-electron chi connectivity index (χ4n) is 3.50. The van der Waals surface area contributed by atoms with Crippen molar-refractivity contribution in [3.05, 3.63) is 29.8 Å². The van der Waals surface area contributed by atoms with Crippen molar-refractivity contribution >= 4 is 5.70 Å². The molecule has 2 aliphatic heterocycles. The van der Waals surface area contributed by atoms with Crippen LogP contribution < -0.4 is 15.0 Å². The lowest BCUT2D eigenvalue weighted by Crippen LogP contribution is -2.29. The predicted octanol–water partition coefficient (Wildman–Crippen LogP) is 3.05. The van der Waals surface area contributed by atoms with E-state index in [0.29, 0.717) is 12.7 Å². The van der Waals surface area contributed by atoms with Crippen molar-refractivity contribution in [1.29, 1.82) is 0 Å². The van der Waals surface area contributed by atoms with Gasteiger partial charge < -0.3 is 14.2 Å². The summed E-state index contributed by atoms with van der Waals surface area (Å²) < 4.78 is 17.1. The molecule has 1 aliphatic carbocycles. The van der Waals surface area contributed by atoms with Crippen LogP contribution in [-0.4, -0.2) is 32.0 Å². The number of benzene rings is 1. The minimum Gasteiger partial charge on any atom is -0.493 e. The van der Waals surface area contributed by atoms with Crippen molar-refractivity contribution in [2.24, 2.45) is 0 Å². The molecule has 3 aliphatic rings. The van der Waals surface area contributed by atoms with E-state index in [1.54, 1.807) is 7.11 Å². The molecule has 1 aromatic rings. The lowest BCUT2D eigenvalue weighted by Gasteiger charge is -2.17. The van der Waals surface area contributed by atoms with E-state index in [9.17, 15) is 0 Å². The first-order valence-electron chi connectivity index (χ1n) is 8.38. The Morgan fingerprint density at radius 1 is 1.22 bits per heavy atom. The second kappa shape index (κ2) is 6.06. The molecule has 0 bridgehead atoms. The van der Waals surface area contributed by atoms with E-state index >= 15 is 0 Å². The van der Waals surface area contributed by atoms with Gasteiger partial charge in [-0.3, -0.25) is 10.3 Å². The second-order valence-electron chi connectivity index (χ2n) is 6.52. The van der Waals surface area contributed by atoms with E-state index in [4.69, 9.17) is 19.0 Å². The molecule has 1 aromatic carbocycles. The lowest BCUT2D eigenvalue weighted by atomic mass is 10.0. The first-order chi connectivity index (χ1) is 11.3. The second-order valence-corrected chi connectivity index (χ2v) is 6.52. The number of hydroxylamine groups is 1. The van der Waals surface area contributed by atoms with Crippen LogP contribution >= 0.6 is 0 Å². The molecule has 1 atom stereocenters. The zero-order valence-electron chi connectivity index (χ0n) is 13.5. The van der Waals surface area contributed by atoms with Crippen molar-refractivity contribution in [3.8, 4) is 11.5 Å². The van der Waals surface area contributed by atoms with Gasteiger partial charge in [0.25, 0.3) is 0 Å². The molecule has 1 saturated heterocycles. The van der Waals surface area contributed by atoms with E-state index in [1.165, 1.54) is 12.8 Å². The predicted molar refractivity (Wildman–Crippen MR) is 86.2 cm³/mol. The molecular weight excluding hydrogens is 294 g/mol. The summed E-state index contributed by atoms with van der Waals surface area (Å²) in [5.41, 5.74) is 4.74. The van der Waals surface area contributed by atoms with E-state index < -0.39 is 0 Å². The molecule has 0 amide bonds. The standard InChI is InChI=1S/C18H23NO4/c1-20-16-7-6-13(10-17(16)22-14-4-2-3-5-14)15-11-18(23-19-15)8-9-21-12-18/h6-7,10-11,14,19H,2-5,8-9,12H2,1H3. The van der Waals surface area contributed by atoms with Gasteiger partial charge >= 0.3 is 0 Å². The van der Waals surface area contributed by atoms with E-state index in [2.05, 4.69) is 11.6 Å². The molecule has 124 valence electrons. The van der Waals surface area contributed by atoms with Gasteiger partial charge in [-0.25, -0.2) is 0 Å². The summed E-state index contributed by atoms with van der Waals surface area (Å²) >= 11 is 0. The highest BCUT2D eigenvalue weighted by Crippen LogP contribution is 2.37. The van der Waals surface area contributed by atoms with E-state index in [-0.39, 0.29) is 5.60 Å². The number of hydrogen-bond acceptors (Lipinski definition) is 5. The Morgan fingerprint density at radius 3 is 2.83 bits per heavy atom. The van der Waals surface area contributed by atoms with Gasteiger partial charge in [0.1, 0.15) is 5.60 Å². The van der Waals surface area contributed by atoms with Crippen molar-refractivity contribution in [3.63, 3.8) is 0 Å². The summed E-state index contributed by atoms with van der Waals surface area (Å²) in [4.78, 5) is 5.76. The van der Waals surface area contributed by atoms with E-state index in [1.807, 2.05) is 18.2 Å². The third-order valence-electron chi connectivity index (χ3n) is 4.86. The number of methoxy groups -OCH3 is 1. The Balaban J connectivity index is 1.59. The Hall–Kier alpha value is -1.72. The maximum atomic E-state index is 6.17. The molecular formula is C18H23NO4. The van der Waals surface area contributed by atoms with Gasteiger partial charge in [0.15, 0.2) is 11.5 Å². The number of nitrogens with one attached hydrogen (secondary N) is 1. The molecule has 5 heteroatoms. The molecule has 1 spiro atoms.